The number of nitrogens with zero attached hydrogens (tertiary/aromatic N) is 3. The lowest BCUT2D eigenvalue weighted by Gasteiger charge is -2.07. The summed E-state index contributed by atoms with van der Waals surface area (Å²) in [5.74, 6) is 0.231. The molecule has 8 heteroatoms. The monoisotopic (exact) mass is 293 g/mol. The van der Waals surface area contributed by atoms with Crippen molar-refractivity contribution in [1.29, 1.82) is 0 Å². The second-order valence-electron chi connectivity index (χ2n) is 3.84. The van der Waals surface area contributed by atoms with E-state index in [2.05, 4.69) is 9.97 Å². The Morgan fingerprint density at radius 3 is 2.70 bits per heavy atom. The highest BCUT2D eigenvalue weighted by Crippen LogP contribution is 2.36. The molecule has 104 valence electrons. The molecule has 0 saturated heterocycles. The van der Waals surface area contributed by atoms with E-state index in [4.69, 9.17) is 4.74 Å². The highest BCUT2D eigenvalue weighted by atomic mass is 32.2. The van der Waals surface area contributed by atoms with Crippen LogP contribution >= 0.6 is 11.8 Å². The van der Waals surface area contributed by atoms with E-state index >= 15 is 0 Å². The van der Waals surface area contributed by atoms with Gasteiger partial charge in [0.25, 0.3) is 5.69 Å². The van der Waals surface area contributed by atoms with Crippen LogP contribution in [0.1, 0.15) is 5.69 Å². The molecule has 0 saturated carbocycles. The van der Waals surface area contributed by atoms with Crippen molar-refractivity contribution in [1.82, 2.24) is 9.97 Å². The quantitative estimate of drug-likeness (QED) is 0.525. The number of hydrogen-bond donors (Lipinski definition) is 1. The van der Waals surface area contributed by atoms with Crippen molar-refractivity contribution < 1.29 is 14.8 Å². The second kappa shape index (κ2) is 5.74. The molecule has 20 heavy (non-hydrogen) atoms. The Bertz CT molecular complexity index is 643. The van der Waals surface area contributed by atoms with Gasteiger partial charge in [-0.25, -0.2) is 4.98 Å². The van der Waals surface area contributed by atoms with Crippen LogP contribution in [0.3, 0.4) is 0 Å². The Morgan fingerprint density at radius 2 is 2.10 bits per heavy atom. The van der Waals surface area contributed by atoms with E-state index in [0.29, 0.717) is 21.5 Å². The lowest BCUT2D eigenvalue weighted by Crippen LogP contribution is -1.93. The predicted octanol–water partition coefficient (Wildman–Crippen LogP) is 2.56. The van der Waals surface area contributed by atoms with E-state index in [1.165, 1.54) is 25.3 Å². The van der Waals surface area contributed by atoms with E-state index in [1.807, 2.05) is 0 Å². The SMILES string of the molecule is COc1cc([N+](=O)[O-])ccc1Sc1nc(C)cc(O)n1. The number of hydrogen-bond acceptors (Lipinski definition) is 7. The Labute approximate surface area is 118 Å². The Hall–Kier alpha value is -2.35. The first-order valence-corrected chi connectivity index (χ1v) is 6.36. The summed E-state index contributed by atoms with van der Waals surface area (Å²) in [6.45, 7) is 1.73. The molecule has 0 spiro atoms. The summed E-state index contributed by atoms with van der Waals surface area (Å²) in [7, 11) is 1.43. The minimum atomic E-state index is -0.494. The number of methoxy groups -OCH3 is 1. The van der Waals surface area contributed by atoms with E-state index in [9.17, 15) is 15.2 Å². The fourth-order valence-electron chi connectivity index (χ4n) is 1.52. The maximum Gasteiger partial charge on any atom is 0.273 e. The van der Waals surface area contributed by atoms with Gasteiger partial charge in [-0.15, -0.1) is 0 Å². The average molecular weight is 293 g/mol. The summed E-state index contributed by atoms with van der Waals surface area (Å²) in [6.07, 6.45) is 0. The molecule has 0 bridgehead atoms. The number of nitro groups is 1. The first-order valence-electron chi connectivity index (χ1n) is 5.54. The fraction of sp³-hybridized carbons (Fsp3) is 0.167. The van der Waals surface area contributed by atoms with Crippen LogP contribution in [-0.4, -0.2) is 27.1 Å². The molecular weight excluding hydrogens is 282 g/mol. The zero-order valence-corrected chi connectivity index (χ0v) is 11.5. The number of ether oxygens (including phenoxy) is 1. The highest BCUT2D eigenvalue weighted by molar-refractivity contribution is 7.99. The minimum Gasteiger partial charge on any atom is -0.495 e. The van der Waals surface area contributed by atoms with Gasteiger partial charge in [0, 0.05) is 17.8 Å². The fourth-order valence-corrected chi connectivity index (χ4v) is 2.43. The van der Waals surface area contributed by atoms with E-state index in [0.717, 1.165) is 11.8 Å². The number of benzene rings is 1. The summed E-state index contributed by atoms with van der Waals surface area (Å²) < 4.78 is 5.13. The maximum absolute atomic E-state index is 10.7. The van der Waals surface area contributed by atoms with Crippen LogP contribution in [0.5, 0.6) is 11.6 Å². The number of rotatable bonds is 4. The minimum absolute atomic E-state index is 0.0563. The van der Waals surface area contributed by atoms with Crippen molar-refractivity contribution in [2.75, 3.05) is 7.11 Å². The molecule has 0 unspecified atom stereocenters. The van der Waals surface area contributed by atoms with Crippen LogP contribution in [0.25, 0.3) is 0 Å². The molecule has 1 aromatic heterocycles. The molecular formula is C12H11N3O4S. The molecule has 2 rings (SSSR count). The van der Waals surface area contributed by atoms with E-state index in [-0.39, 0.29) is 11.6 Å². The summed E-state index contributed by atoms with van der Waals surface area (Å²) in [6, 6.07) is 5.71. The molecule has 7 nitrogen and oxygen atoms in total. The van der Waals surface area contributed by atoms with Crippen LogP contribution in [0.15, 0.2) is 34.3 Å². The largest absolute Gasteiger partial charge is 0.495 e. The van der Waals surface area contributed by atoms with Crippen LogP contribution in [0, 0.1) is 17.0 Å². The van der Waals surface area contributed by atoms with Crippen molar-refractivity contribution in [2.45, 2.75) is 17.0 Å². The second-order valence-corrected chi connectivity index (χ2v) is 4.85. The van der Waals surface area contributed by atoms with Crippen molar-refractivity contribution in [3.8, 4) is 11.6 Å². The van der Waals surface area contributed by atoms with Gasteiger partial charge in [-0.3, -0.25) is 10.1 Å². The summed E-state index contributed by atoms with van der Waals surface area (Å²) in [5, 5.41) is 20.5. The number of aromatic nitrogens is 2. The highest BCUT2D eigenvalue weighted by Gasteiger charge is 2.14. The number of non-ortho nitro benzene ring substituents is 1. The molecule has 1 heterocycles. The molecule has 2 aromatic rings. The molecule has 0 fully saturated rings. The van der Waals surface area contributed by atoms with Crippen LogP contribution in [-0.2, 0) is 0 Å². The average Bonchev–Trinajstić information content (AvgIpc) is 2.37. The molecule has 0 amide bonds. The van der Waals surface area contributed by atoms with Crippen molar-refractivity contribution >= 4 is 17.4 Å². The third kappa shape index (κ3) is 3.15. The molecule has 0 aliphatic rings. The van der Waals surface area contributed by atoms with Crippen molar-refractivity contribution in [3.05, 3.63) is 40.1 Å². The predicted molar refractivity (Wildman–Crippen MR) is 72.2 cm³/mol. The van der Waals surface area contributed by atoms with Gasteiger partial charge in [0.1, 0.15) is 5.75 Å². The van der Waals surface area contributed by atoms with Gasteiger partial charge in [-0.1, -0.05) is 0 Å². The van der Waals surface area contributed by atoms with Gasteiger partial charge in [-0.2, -0.15) is 4.98 Å². The third-order valence-electron chi connectivity index (χ3n) is 2.38. The van der Waals surface area contributed by atoms with Crippen LogP contribution < -0.4 is 4.74 Å². The standard InChI is InChI=1S/C12H11N3O4S/c1-7-5-11(16)14-12(13-7)20-10-4-3-8(15(17)18)6-9(10)19-2/h3-6H,1-2H3,(H,13,14,16). The summed E-state index contributed by atoms with van der Waals surface area (Å²) in [5.41, 5.74) is 0.570. The van der Waals surface area contributed by atoms with Gasteiger partial charge < -0.3 is 9.84 Å². The van der Waals surface area contributed by atoms with E-state index < -0.39 is 4.92 Å². The van der Waals surface area contributed by atoms with Crippen molar-refractivity contribution in [2.24, 2.45) is 0 Å². The smallest absolute Gasteiger partial charge is 0.273 e. The lowest BCUT2D eigenvalue weighted by atomic mass is 10.3. The van der Waals surface area contributed by atoms with E-state index in [1.54, 1.807) is 13.0 Å². The van der Waals surface area contributed by atoms with Gasteiger partial charge in [0.15, 0.2) is 5.16 Å². The Morgan fingerprint density at radius 1 is 1.35 bits per heavy atom. The first kappa shape index (κ1) is 14.1. The first-order chi connectivity index (χ1) is 9.49. The van der Waals surface area contributed by atoms with Gasteiger partial charge >= 0.3 is 0 Å². The Balaban J connectivity index is 2.35. The molecule has 0 aliphatic heterocycles. The summed E-state index contributed by atoms with van der Waals surface area (Å²) in [4.78, 5) is 18.9. The molecule has 0 radical (unpaired) electrons. The maximum atomic E-state index is 10.7. The summed E-state index contributed by atoms with van der Waals surface area (Å²) >= 11 is 1.16. The molecule has 0 aliphatic carbocycles. The molecule has 1 aromatic carbocycles. The molecule has 1 N–H and O–H groups in total. The molecule has 0 atom stereocenters. The van der Waals surface area contributed by atoms with Gasteiger partial charge in [0.05, 0.1) is 23.0 Å². The van der Waals surface area contributed by atoms with Crippen LogP contribution in [0.2, 0.25) is 0 Å². The topological polar surface area (TPSA) is 98.4 Å². The zero-order chi connectivity index (χ0) is 14.7. The number of aromatic hydroxyl groups is 1. The van der Waals surface area contributed by atoms with Crippen LogP contribution in [0.4, 0.5) is 5.69 Å². The number of aryl methyl sites for hydroxylation is 1. The number of nitro benzene ring substituents is 1. The zero-order valence-electron chi connectivity index (χ0n) is 10.7. The third-order valence-corrected chi connectivity index (χ3v) is 3.30. The van der Waals surface area contributed by atoms with Crippen molar-refractivity contribution in [3.63, 3.8) is 0 Å². The van der Waals surface area contributed by atoms with Gasteiger partial charge in [0.2, 0.25) is 5.88 Å². The lowest BCUT2D eigenvalue weighted by molar-refractivity contribution is -0.385. The Kier molecular flexibility index (Phi) is 4.04. The normalized spacial score (nSPS) is 10.3. The van der Waals surface area contributed by atoms with Gasteiger partial charge in [-0.05, 0) is 24.8 Å².